The summed E-state index contributed by atoms with van der Waals surface area (Å²) in [6.07, 6.45) is 0. The van der Waals surface area contributed by atoms with E-state index in [1.807, 2.05) is 0 Å². The van der Waals surface area contributed by atoms with Crippen LogP contribution in [0.3, 0.4) is 0 Å². The molecule has 2 amide bonds. The molecule has 3 rings (SSSR count). The van der Waals surface area contributed by atoms with Gasteiger partial charge in [-0.15, -0.1) is 23.1 Å². The zero-order valence-corrected chi connectivity index (χ0v) is 20.8. The molecule has 1 aromatic rings. The third-order valence-corrected chi connectivity index (χ3v) is 8.98. The Morgan fingerprint density at radius 1 is 1.41 bits per heavy atom. The van der Waals surface area contributed by atoms with Crippen LogP contribution in [0, 0.1) is 0 Å². The molecule has 2 aliphatic rings. The van der Waals surface area contributed by atoms with Crippen molar-refractivity contribution in [3.05, 3.63) is 22.3 Å². The fourth-order valence-electron chi connectivity index (χ4n) is 3.00. The largest absolute Gasteiger partial charge is 0.480 e. The van der Waals surface area contributed by atoms with Gasteiger partial charge < -0.3 is 31.8 Å². The molecular formula is C17H20N6O7S4. The number of rotatable bonds is 11. The minimum absolute atomic E-state index is 0.132. The molecule has 184 valence electrons. The SMILES string of the molecule is CO/N=C(\C(=O)NC1C(=O)N2C(C(=O)O)=C(CSSCC(N)C(=O)O)CSC12)c1csc(N)n1. The number of nitrogen functional groups attached to an aromatic ring is 1. The van der Waals surface area contributed by atoms with E-state index in [-0.39, 0.29) is 33.7 Å². The van der Waals surface area contributed by atoms with E-state index in [1.54, 1.807) is 0 Å². The van der Waals surface area contributed by atoms with Crippen molar-refractivity contribution in [2.75, 3.05) is 30.1 Å². The van der Waals surface area contributed by atoms with Gasteiger partial charge in [-0.25, -0.2) is 9.78 Å². The number of nitrogens with one attached hydrogen (secondary N) is 1. The molecule has 1 aromatic heterocycles. The summed E-state index contributed by atoms with van der Waals surface area (Å²) in [4.78, 5) is 58.1. The maximum Gasteiger partial charge on any atom is 0.352 e. The number of fused-ring (bicyclic) bond motifs is 1. The number of carboxylic acids is 2. The van der Waals surface area contributed by atoms with Gasteiger partial charge in [0.2, 0.25) is 0 Å². The highest BCUT2D eigenvalue weighted by atomic mass is 33.1. The van der Waals surface area contributed by atoms with Crippen molar-refractivity contribution in [2.45, 2.75) is 17.5 Å². The van der Waals surface area contributed by atoms with Gasteiger partial charge in [0, 0.05) is 22.6 Å². The lowest BCUT2D eigenvalue weighted by Crippen LogP contribution is -2.71. The van der Waals surface area contributed by atoms with E-state index in [1.165, 1.54) is 45.8 Å². The number of nitrogens with two attached hydrogens (primary N) is 2. The molecular weight excluding hydrogens is 528 g/mol. The van der Waals surface area contributed by atoms with Crippen LogP contribution in [0.4, 0.5) is 5.13 Å². The molecule has 0 aromatic carbocycles. The summed E-state index contributed by atoms with van der Waals surface area (Å²) in [7, 11) is 3.73. The standard InChI is InChI=1S/C17H20N6O7S4/c1-30-22-9(8-5-32-17(19)20-8)12(24)21-10-13(25)23-11(16(28)29)6(2-31-14(10)23)3-33-34-4-7(18)15(26)27/h5,7,10,14H,2-4,18H2,1H3,(H2,19,20)(H,21,24)(H,26,27)(H,28,29)/b22-9-. The highest BCUT2D eigenvalue weighted by Gasteiger charge is 2.54. The number of hydrogen-bond acceptors (Lipinski definition) is 13. The summed E-state index contributed by atoms with van der Waals surface area (Å²) in [6.45, 7) is 0. The van der Waals surface area contributed by atoms with Gasteiger partial charge in [-0.05, 0) is 5.57 Å². The molecule has 3 heterocycles. The molecule has 2 aliphatic heterocycles. The van der Waals surface area contributed by atoms with Gasteiger partial charge in [0.1, 0.15) is 36.0 Å². The number of anilines is 1. The molecule has 0 saturated carbocycles. The van der Waals surface area contributed by atoms with Gasteiger partial charge in [-0.3, -0.25) is 19.3 Å². The fourth-order valence-corrected chi connectivity index (χ4v) is 7.28. The number of β-lactam (4-membered cyclic amide) rings is 1. The Bertz CT molecular complexity index is 1060. The fraction of sp³-hybridized carbons (Fsp3) is 0.412. The number of carbonyl (C=O) groups excluding carboxylic acids is 2. The number of carboxylic acid groups (broad SMARTS) is 2. The van der Waals surface area contributed by atoms with E-state index in [9.17, 15) is 24.3 Å². The summed E-state index contributed by atoms with van der Waals surface area (Å²) in [5.41, 5.74) is 11.5. The highest BCUT2D eigenvalue weighted by molar-refractivity contribution is 8.76. The first-order valence-electron chi connectivity index (χ1n) is 9.41. The van der Waals surface area contributed by atoms with Crippen molar-refractivity contribution in [2.24, 2.45) is 10.9 Å². The summed E-state index contributed by atoms with van der Waals surface area (Å²) in [5, 5.41) is 26.0. The van der Waals surface area contributed by atoms with Gasteiger partial charge in [0.15, 0.2) is 10.8 Å². The number of oxime groups is 1. The van der Waals surface area contributed by atoms with Crippen molar-refractivity contribution in [3.8, 4) is 0 Å². The molecule has 1 fully saturated rings. The number of aliphatic carboxylic acids is 2. The summed E-state index contributed by atoms with van der Waals surface area (Å²) in [6, 6.07) is -1.98. The van der Waals surface area contributed by atoms with Gasteiger partial charge in [-0.2, -0.15) is 0 Å². The van der Waals surface area contributed by atoms with E-state index >= 15 is 0 Å². The molecule has 7 N–H and O–H groups in total. The molecule has 3 atom stereocenters. The summed E-state index contributed by atoms with van der Waals surface area (Å²) >= 11 is 2.42. The zero-order chi connectivity index (χ0) is 25.0. The minimum Gasteiger partial charge on any atom is -0.480 e. The lowest BCUT2D eigenvalue weighted by Gasteiger charge is -2.49. The van der Waals surface area contributed by atoms with E-state index in [0.29, 0.717) is 11.3 Å². The number of carbonyl (C=O) groups is 4. The summed E-state index contributed by atoms with van der Waals surface area (Å²) < 4.78 is 0. The van der Waals surface area contributed by atoms with Crippen LogP contribution < -0.4 is 16.8 Å². The van der Waals surface area contributed by atoms with Crippen LogP contribution >= 0.6 is 44.7 Å². The highest BCUT2D eigenvalue weighted by Crippen LogP contribution is 2.42. The van der Waals surface area contributed by atoms with E-state index in [2.05, 4.69) is 15.5 Å². The van der Waals surface area contributed by atoms with Gasteiger partial charge >= 0.3 is 11.9 Å². The van der Waals surface area contributed by atoms with Crippen LogP contribution in [0.2, 0.25) is 0 Å². The average molecular weight is 549 g/mol. The van der Waals surface area contributed by atoms with Crippen LogP contribution in [-0.4, -0.2) is 91.4 Å². The maximum atomic E-state index is 12.8. The molecule has 3 unspecified atom stereocenters. The second-order valence-corrected chi connectivity index (χ2v) is 11.3. The number of amides is 2. The Kier molecular flexibility index (Phi) is 8.69. The lowest BCUT2D eigenvalue weighted by atomic mass is 10.0. The number of thioether (sulfide) groups is 1. The second kappa shape index (κ2) is 11.3. The van der Waals surface area contributed by atoms with Gasteiger partial charge in [-0.1, -0.05) is 26.7 Å². The molecule has 0 radical (unpaired) electrons. The van der Waals surface area contributed by atoms with Gasteiger partial charge in [0.05, 0.1) is 0 Å². The molecule has 0 spiro atoms. The molecule has 0 bridgehead atoms. The minimum atomic E-state index is -1.26. The molecule has 0 aliphatic carbocycles. The molecule has 17 heteroatoms. The second-order valence-electron chi connectivity index (χ2n) is 6.80. The average Bonchev–Trinajstić information content (AvgIpc) is 3.23. The number of hydrogen-bond donors (Lipinski definition) is 5. The number of aromatic nitrogens is 1. The van der Waals surface area contributed by atoms with E-state index < -0.39 is 41.2 Å². The Morgan fingerprint density at radius 3 is 2.74 bits per heavy atom. The third kappa shape index (κ3) is 5.60. The summed E-state index contributed by atoms with van der Waals surface area (Å²) in [5.74, 6) is -2.91. The lowest BCUT2D eigenvalue weighted by molar-refractivity contribution is -0.150. The Balaban J connectivity index is 1.67. The third-order valence-electron chi connectivity index (χ3n) is 4.58. The van der Waals surface area contributed by atoms with E-state index in [0.717, 1.165) is 16.2 Å². The Morgan fingerprint density at radius 2 is 2.15 bits per heavy atom. The normalized spacial score (nSPS) is 20.9. The number of thiazole rings is 1. The smallest absolute Gasteiger partial charge is 0.352 e. The molecule has 34 heavy (non-hydrogen) atoms. The first-order valence-corrected chi connectivity index (χ1v) is 13.8. The quantitative estimate of drug-likeness (QED) is 0.0785. The van der Waals surface area contributed by atoms with Crippen LogP contribution in [-0.2, 0) is 24.0 Å². The number of nitrogens with zero attached hydrogens (tertiary/aromatic N) is 3. The maximum absolute atomic E-state index is 12.8. The van der Waals surface area contributed by atoms with Crippen LogP contribution in [0.15, 0.2) is 21.8 Å². The predicted octanol–water partition coefficient (Wildman–Crippen LogP) is -0.392. The van der Waals surface area contributed by atoms with Crippen molar-refractivity contribution < 1.29 is 34.2 Å². The van der Waals surface area contributed by atoms with Gasteiger partial charge in [0.25, 0.3) is 11.8 Å². The topological polar surface area (TPSA) is 211 Å². The first-order chi connectivity index (χ1) is 16.1. The predicted molar refractivity (Wildman–Crippen MR) is 130 cm³/mol. The van der Waals surface area contributed by atoms with Crippen LogP contribution in [0.5, 0.6) is 0 Å². The Labute approximate surface area is 209 Å². The molecule has 1 saturated heterocycles. The van der Waals surface area contributed by atoms with Crippen molar-refractivity contribution in [1.82, 2.24) is 15.2 Å². The first kappa shape index (κ1) is 26.1. The Hall–Kier alpha value is -2.47. The zero-order valence-electron chi connectivity index (χ0n) is 17.5. The van der Waals surface area contributed by atoms with Crippen LogP contribution in [0.1, 0.15) is 5.69 Å². The van der Waals surface area contributed by atoms with Crippen molar-refractivity contribution in [3.63, 3.8) is 0 Å². The van der Waals surface area contributed by atoms with Crippen LogP contribution in [0.25, 0.3) is 0 Å². The van der Waals surface area contributed by atoms with Crippen molar-refractivity contribution >= 4 is 79.3 Å². The monoisotopic (exact) mass is 548 g/mol. The van der Waals surface area contributed by atoms with E-state index in [4.69, 9.17) is 21.4 Å². The van der Waals surface area contributed by atoms with Crippen molar-refractivity contribution in [1.29, 1.82) is 0 Å². The molecule has 13 nitrogen and oxygen atoms in total.